The maximum Gasteiger partial charge on any atom is 0.252 e. The first-order valence-corrected chi connectivity index (χ1v) is 10.2. The van der Waals surface area contributed by atoms with Crippen LogP contribution >= 0.6 is 35.3 Å². The van der Waals surface area contributed by atoms with Gasteiger partial charge < -0.3 is 4.74 Å². The first-order valence-electron chi connectivity index (χ1n) is 7.60. The first kappa shape index (κ1) is 20.5. The number of benzene rings is 1. The Kier molecular flexibility index (Phi) is 7.13. The number of methoxy groups -OCH3 is 1. The monoisotopic (exact) mass is 422 g/mol. The number of sulfonamides is 1. The summed E-state index contributed by atoms with van der Waals surface area (Å²) in [7, 11) is -1.78. The lowest BCUT2D eigenvalue weighted by Crippen LogP contribution is -2.48. The van der Waals surface area contributed by atoms with E-state index in [1.54, 1.807) is 19.2 Å². The molecule has 0 radical (unpaired) electrons. The van der Waals surface area contributed by atoms with Gasteiger partial charge in [-0.3, -0.25) is 4.90 Å². The van der Waals surface area contributed by atoms with E-state index in [1.807, 2.05) is 18.2 Å². The average Bonchev–Trinajstić information content (AvgIpc) is 3.03. The van der Waals surface area contributed by atoms with E-state index in [-0.39, 0.29) is 12.4 Å². The molecule has 0 N–H and O–H groups in total. The number of rotatable bonds is 5. The van der Waals surface area contributed by atoms with E-state index >= 15 is 0 Å². The maximum absolute atomic E-state index is 12.6. The Balaban J connectivity index is 0.00000225. The zero-order valence-electron chi connectivity index (χ0n) is 13.7. The molecule has 5 nitrogen and oxygen atoms in total. The minimum absolute atomic E-state index is 0. The fourth-order valence-corrected chi connectivity index (χ4v) is 5.78. The summed E-state index contributed by atoms with van der Waals surface area (Å²) in [6, 6.07) is 11.1. The van der Waals surface area contributed by atoms with Gasteiger partial charge >= 0.3 is 0 Å². The molecule has 0 saturated carbocycles. The van der Waals surface area contributed by atoms with Gasteiger partial charge in [-0.05, 0) is 29.8 Å². The molecule has 1 aromatic carbocycles. The van der Waals surface area contributed by atoms with E-state index in [0.717, 1.165) is 29.2 Å². The molecule has 9 heteroatoms. The lowest BCUT2D eigenvalue weighted by molar-refractivity contribution is 0.181. The molecule has 2 aromatic rings. The summed E-state index contributed by atoms with van der Waals surface area (Å²) >= 11 is 6.96. The van der Waals surface area contributed by atoms with Crippen molar-refractivity contribution < 1.29 is 13.2 Å². The third-order valence-electron chi connectivity index (χ3n) is 4.01. The van der Waals surface area contributed by atoms with Gasteiger partial charge in [0.2, 0.25) is 0 Å². The largest absolute Gasteiger partial charge is 0.497 e. The highest BCUT2D eigenvalue weighted by molar-refractivity contribution is 7.91. The molecule has 138 valence electrons. The summed E-state index contributed by atoms with van der Waals surface area (Å²) < 4.78 is 32.8. The molecule has 0 atom stereocenters. The molecule has 1 aliphatic rings. The SMILES string of the molecule is COc1cccc(CN2CCN(S(=O)(=O)c3ccc(Cl)s3)CC2)c1.Cl. The van der Waals surface area contributed by atoms with E-state index in [1.165, 1.54) is 4.31 Å². The van der Waals surface area contributed by atoms with Crippen LogP contribution in [-0.4, -0.2) is 50.9 Å². The lowest BCUT2D eigenvalue weighted by atomic mass is 10.2. The van der Waals surface area contributed by atoms with E-state index in [4.69, 9.17) is 16.3 Å². The second-order valence-corrected chi connectivity index (χ2v) is 9.47. The second kappa shape index (κ2) is 8.70. The Bertz CT molecular complexity index is 803. The Labute approximate surface area is 163 Å². The highest BCUT2D eigenvalue weighted by atomic mass is 35.5. The summed E-state index contributed by atoms with van der Waals surface area (Å²) in [4.78, 5) is 2.25. The molecule has 1 aliphatic heterocycles. The highest BCUT2D eigenvalue weighted by Gasteiger charge is 2.29. The molecule has 0 spiro atoms. The van der Waals surface area contributed by atoms with Gasteiger partial charge in [-0.1, -0.05) is 23.7 Å². The van der Waals surface area contributed by atoms with Crippen LogP contribution in [0.15, 0.2) is 40.6 Å². The van der Waals surface area contributed by atoms with Crippen molar-refractivity contribution in [1.29, 1.82) is 0 Å². The van der Waals surface area contributed by atoms with Crippen molar-refractivity contribution in [2.45, 2.75) is 10.8 Å². The van der Waals surface area contributed by atoms with E-state index in [0.29, 0.717) is 34.7 Å². The lowest BCUT2D eigenvalue weighted by Gasteiger charge is -2.33. The van der Waals surface area contributed by atoms with Crippen LogP contribution in [0.4, 0.5) is 0 Å². The van der Waals surface area contributed by atoms with Crippen LogP contribution < -0.4 is 4.74 Å². The fraction of sp³-hybridized carbons (Fsp3) is 0.375. The Morgan fingerprint density at radius 2 is 1.88 bits per heavy atom. The molecule has 0 bridgehead atoms. The average molecular weight is 423 g/mol. The van der Waals surface area contributed by atoms with Gasteiger partial charge in [0, 0.05) is 32.7 Å². The molecular weight excluding hydrogens is 403 g/mol. The predicted molar refractivity (Wildman–Crippen MR) is 104 cm³/mol. The van der Waals surface area contributed by atoms with Crippen molar-refractivity contribution in [2.24, 2.45) is 0 Å². The van der Waals surface area contributed by atoms with E-state index in [9.17, 15) is 8.42 Å². The number of nitrogens with zero attached hydrogens (tertiary/aromatic N) is 2. The minimum atomic E-state index is -3.43. The van der Waals surface area contributed by atoms with Crippen LogP contribution in [0.2, 0.25) is 4.34 Å². The molecule has 0 aliphatic carbocycles. The van der Waals surface area contributed by atoms with Crippen molar-refractivity contribution >= 4 is 45.4 Å². The molecule has 0 unspecified atom stereocenters. The molecule has 2 heterocycles. The molecule has 1 saturated heterocycles. The van der Waals surface area contributed by atoms with Gasteiger partial charge in [0.15, 0.2) is 0 Å². The number of piperazine rings is 1. The van der Waals surface area contributed by atoms with Gasteiger partial charge in [-0.15, -0.1) is 23.7 Å². The number of thiophene rings is 1. The standard InChI is InChI=1S/C16H19ClN2O3S2.ClH/c1-22-14-4-2-3-13(11-14)12-18-7-9-19(10-8-18)24(20,21)16-6-5-15(17)23-16;/h2-6,11H,7-10,12H2,1H3;1H. The Morgan fingerprint density at radius 1 is 1.16 bits per heavy atom. The molecule has 25 heavy (non-hydrogen) atoms. The first-order chi connectivity index (χ1) is 11.5. The minimum Gasteiger partial charge on any atom is -0.497 e. The highest BCUT2D eigenvalue weighted by Crippen LogP contribution is 2.28. The van der Waals surface area contributed by atoms with Crippen LogP contribution in [0.5, 0.6) is 5.75 Å². The quantitative estimate of drug-likeness (QED) is 0.740. The van der Waals surface area contributed by atoms with Crippen molar-refractivity contribution in [3.8, 4) is 5.75 Å². The maximum atomic E-state index is 12.6. The molecule has 1 aromatic heterocycles. The molecular formula is C16H20Cl2N2O3S2. The summed E-state index contributed by atoms with van der Waals surface area (Å²) in [6.07, 6.45) is 0. The summed E-state index contributed by atoms with van der Waals surface area (Å²) in [5.74, 6) is 0.836. The van der Waals surface area contributed by atoms with Crippen LogP contribution in [0, 0.1) is 0 Å². The van der Waals surface area contributed by atoms with Gasteiger partial charge in [0.05, 0.1) is 11.4 Å². The topological polar surface area (TPSA) is 49.9 Å². The number of hydrogen-bond donors (Lipinski definition) is 0. The molecule has 0 amide bonds. The Hall–Kier alpha value is -0.830. The van der Waals surface area contributed by atoms with Gasteiger partial charge in [0.1, 0.15) is 9.96 Å². The van der Waals surface area contributed by atoms with Crippen molar-refractivity contribution in [1.82, 2.24) is 9.21 Å². The number of hydrogen-bond acceptors (Lipinski definition) is 5. The van der Waals surface area contributed by atoms with Crippen LogP contribution in [0.1, 0.15) is 5.56 Å². The summed E-state index contributed by atoms with van der Waals surface area (Å²) in [6.45, 7) is 3.17. The molecule has 3 rings (SSSR count). The Morgan fingerprint density at radius 3 is 2.48 bits per heavy atom. The van der Waals surface area contributed by atoms with Crippen LogP contribution in [0.25, 0.3) is 0 Å². The molecule has 1 fully saturated rings. The fourth-order valence-electron chi connectivity index (χ4n) is 2.72. The third-order valence-corrected chi connectivity index (χ3v) is 7.61. The predicted octanol–water partition coefficient (Wildman–Crippen LogP) is 3.34. The van der Waals surface area contributed by atoms with Crippen molar-refractivity contribution in [3.05, 3.63) is 46.3 Å². The van der Waals surface area contributed by atoms with E-state index < -0.39 is 10.0 Å². The van der Waals surface area contributed by atoms with Gasteiger partial charge in [0.25, 0.3) is 10.0 Å². The van der Waals surface area contributed by atoms with Crippen LogP contribution in [-0.2, 0) is 16.6 Å². The van der Waals surface area contributed by atoms with E-state index in [2.05, 4.69) is 11.0 Å². The number of halogens is 2. The van der Waals surface area contributed by atoms with Crippen LogP contribution in [0.3, 0.4) is 0 Å². The van der Waals surface area contributed by atoms with Gasteiger partial charge in [-0.25, -0.2) is 8.42 Å². The third kappa shape index (κ3) is 4.87. The van der Waals surface area contributed by atoms with Crippen molar-refractivity contribution in [3.63, 3.8) is 0 Å². The summed E-state index contributed by atoms with van der Waals surface area (Å²) in [5, 5.41) is 0. The van der Waals surface area contributed by atoms with Crippen molar-refractivity contribution in [2.75, 3.05) is 33.3 Å². The zero-order valence-corrected chi connectivity index (χ0v) is 16.9. The smallest absolute Gasteiger partial charge is 0.252 e. The van der Waals surface area contributed by atoms with Gasteiger partial charge in [-0.2, -0.15) is 4.31 Å². The summed E-state index contributed by atoms with van der Waals surface area (Å²) in [5.41, 5.74) is 1.16. The normalized spacial score (nSPS) is 16.4. The second-order valence-electron chi connectivity index (χ2n) is 5.59. The number of ether oxygens (including phenoxy) is 1. The zero-order chi connectivity index (χ0) is 17.2.